The number of furan rings is 1. The number of benzene rings is 2. The van der Waals surface area contributed by atoms with Crippen molar-refractivity contribution in [3.8, 4) is 11.5 Å². The lowest BCUT2D eigenvalue weighted by molar-refractivity contribution is -0.139. The zero-order valence-electron chi connectivity index (χ0n) is 15.8. The average molecular weight is 400 g/mol. The largest absolute Gasteiger partial charge is 0.493 e. The van der Waals surface area contributed by atoms with E-state index in [1.165, 1.54) is 0 Å². The highest BCUT2D eigenvalue weighted by Gasteiger charge is 2.24. The standard InChI is InChI=1S/C22H22ClNO4/c1-16(28-21-8-4-3-7-20(21)26-2)22(25)24(15-19-6-5-13-27-19)14-17-9-11-18(23)12-10-17/h3-13,16H,14-15H2,1-2H3/t16-/m1/s1. The molecule has 0 fully saturated rings. The lowest BCUT2D eigenvalue weighted by atomic mass is 10.2. The summed E-state index contributed by atoms with van der Waals surface area (Å²) in [4.78, 5) is 14.8. The summed E-state index contributed by atoms with van der Waals surface area (Å²) in [5.74, 6) is 1.65. The Labute approximate surface area is 169 Å². The van der Waals surface area contributed by atoms with E-state index in [1.54, 1.807) is 55.5 Å². The summed E-state index contributed by atoms with van der Waals surface area (Å²) >= 11 is 5.97. The van der Waals surface area contributed by atoms with Crippen molar-refractivity contribution in [2.45, 2.75) is 26.1 Å². The molecule has 0 bridgehead atoms. The number of rotatable bonds is 8. The molecule has 1 amide bonds. The molecular formula is C22H22ClNO4. The summed E-state index contributed by atoms with van der Waals surface area (Å²) in [5, 5.41) is 0.653. The monoisotopic (exact) mass is 399 g/mol. The molecule has 0 unspecified atom stereocenters. The van der Waals surface area contributed by atoms with Crippen LogP contribution in [0.1, 0.15) is 18.2 Å². The molecule has 0 saturated carbocycles. The SMILES string of the molecule is COc1ccccc1O[C@H](C)C(=O)N(Cc1ccc(Cl)cc1)Cc1ccco1. The minimum atomic E-state index is -0.696. The maximum Gasteiger partial charge on any atom is 0.264 e. The summed E-state index contributed by atoms with van der Waals surface area (Å²) in [7, 11) is 1.57. The van der Waals surface area contributed by atoms with Crippen LogP contribution in [0, 0.1) is 0 Å². The minimum absolute atomic E-state index is 0.155. The molecule has 28 heavy (non-hydrogen) atoms. The van der Waals surface area contributed by atoms with Crippen molar-refractivity contribution in [3.63, 3.8) is 0 Å². The quantitative estimate of drug-likeness (QED) is 0.538. The third-order valence-corrected chi connectivity index (χ3v) is 4.50. The number of carbonyl (C=O) groups is 1. The van der Waals surface area contributed by atoms with Gasteiger partial charge in [0.1, 0.15) is 5.76 Å². The third-order valence-electron chi connectivity index (χ3n) is 4.25. The average Bonchev–Trinajstić information content (AvgIpc) is 3.22. The van der Waals surface area contributed by atoms with E-state index in [2.05, 4.69) is 0 Å². The van der Waals surface area contributed by atoms with Gasteiger partial charge in [0.25, 0.3) is 5.91 Å². The van der Waals surface area contributed by atoms with Gasteiger partial charge in [0.05, 0.1) is 19.9 Å². The number of hydrogen-bond donors (Lipinski definition) is 0. The summed E-state index contributed by atoms with van der Waals surface area (Å²) in [5.41, 5.74) is 0.966. The van der Waals surface area contributed by atoms with Crippen LogP contribution in [0.3, 0.4) is 0 Å². The maximum atomic E-state index is 13.1. The van der Waals surface area contributed by atoms with Gasteiger partial charge < -0.3 is 18.8 Å². The van der Waals surface area contributed by atoms with Crippen molar-refractivity contribution >= 4 is 17.5 Å². The lowest BCUT2D eigenvalue weighted by Gasteiger charge is -2.26. The fraction of sp³-hybridized carbons (Fsp3) is 0.227. The third kappa shape index (κ3) is 5.08. The Morgan fingerprint density at radius 1 is 1.04 bits per heavy atom. The van der Waals surface area contributed by atoms with Gasteiger partial charge in [0, 0.05) is 11.6 Å². The fourth-order valence-corrected chi connectivity index (χ4v) is 2.95. The van der Waals surface area contributed by atoms with E-state index in [1.807, 2.05) is 30.3 Å². The Kier molecular flexibility index (Phi) is 6.61. The zero-order chi connectivity index (χ0) is 19.9. The summed E-state index contributed by atoms with van der Waals surface area (Å²) in [6.45, 7) is 2.48. The van der Waals surface area contributed by atoms with E-state index in [4.69, 9.17) is 25.5 Å². The van der Waals surface area contributed by atoms with Crippen molar-refractivity contribution in [1.29, 1.82) is 0 Å². The van der Waals surface area contributed by atoms with Gasteiger partial charge in [-0.3, -0.25) is 4.79 Å². The Morgan fingerprint density at radius 3 is 2.39 bits per heavy atom. The molecule has 0 aliphatic carbocycles. The van der Waals surface area contributed by atoms with Gasteiger partial charge in [0.2, 0.25) is 0 Å². The number of amides is 1. The molecule has 6 heteroatoms. The Morgan fingerprint density at radius 2 is 1.75 bits per heavy atom. The van der Waals surface area contributed by atoms with Crippen molar-refractivity contribution in [1.82, 2.24) is 4.90 Å². The van der Waals surface area contributed by atoms with Crippen LogP contribution in [-0.2, 0) is 17.9 Å². The number of hydrogen-bond acceptors (Lipinski definition) is 4. The first-order valence-electron chi connectivity index (χ1n) is 8.92. The van der Waals surface area contributed by atoms with Crippen LogP contribution in [0.15, 0.2) is 71.3 Å². The van der Waals surface area contributed by atoms with E-state index < -0.39 is 6.10 Å². The number of carbonyl (C=O) groups excluding carboxylic acids is 1. The van der Waals surface area contributed by atoms with Gasteiger partial charge in [-0.15, -0.1) is 0 Å². The van der Waals surface area contributed by atoms with E-state index in [0.717, 1.165) is 5.56 Å². The highest BCUT2D eigenvalue weighted by Crippen LogP contribution is 2.27. The second kappa shape index (κ2) is 9.33. The van der Waals surface area contributed by atoms with Crippen LogP contribution in [0.2, 0.25) is 5.02 Å². The van der Waals surface area contributed by atoms with E-state index in [0.29, 0.717) is 35.4 Å². The number of para-hydroxylation sites is 2. The summed E-state index contributed by atoms with van der Waals surface area (Å²) in [6.07, 6.45) is 0.897. The molecular weight excluding hydrogens is 378 g/mol. The molecule has 2 aromatic carbocycles. The molecule has 3 aromatic rings. The molecule has 0 N–H and O–H groups in total. The molecule has 1 atom stereocenters. The van der Waals surface area contributed by atoms with Gasteiger partial charge in [-0.1, -0.05) is 35.9 Å². The first-order chi connectivity index (χ1) is 13.6. The van der Waals surface area contributed by atoms with Crippen LogP contribution in [0.25, 0.3) is 0 Å². The Bertz CT molecular complexity index is 893. The minimum Gasteiger partial charge on any atom is -0.493 e. The molecule has 0 radical (unpaired) electrons. The van der Waals surface area contributed by atoms with Gasteiger partial charge in [-0.2, -0.15) is 0 Å². The molecule has 0 aliphatic rings. The number of nitrogens with zero attached hydrogens (tertiary/aromatic N) is 1. The highest BCUT2D eigenvalue weighted by molar-refractivity contribution is 6.30. The second-order valence-corrected chi connectivity index (χ2v) is 6.75. The van der Waals surface area contributed by atoms with E-state index >= 15 is 0 Å². The van der Waals surface area contributed by atoms with E-state index in [9.17, 15) is 4.79 Å². The van der Waals surface area contributed by atoms with Crippen LogP contribution in [0.5, 0.6) is 11.5 Å². The molecule has 0 aliphatic heterocycles. The topological polar surface area (TPSA) is 51.9 Å². The van der Waals surface area contributed by atoms with Gasteiger partial charge in [0.15, 0.2) is 17.6 Å². The summed E-state index contributed by atoms with van der Waals surface area (Å²) < 4.78 is 16.6. The molecule has 146 valence electrons. The number of methoxy groups -OCH3 is 1. The molecule has 0 saturated heterocycles. The van der Waals surface area contributed by atoms with Crippen LogP contribution in [-0.4, -0.2) is 24.0 Å². The smallest absolute Gasteiger partial charge is 0.264 e. The highest BCUT2D eigenvalue weighted by atomic mass is 35.5. The van der Waals surface area contributed by atoms with E-state index in [-0.39, 0.29) is 5.91 Å². The summed E-state index contributed by atoms with van der Waals surface area (Å²) in [6, 6.07) is 18.3. The molecule has 1 aromatic heterocycles. The predicted octanol–water partition coefficient (Wildman–Crippen LogP) is 4.94. The van der Waals surface area contributed by atoms with Gasteiger partial charge in [-0.05, 0) is 48.9 Å². The maximum absolute atomic E-state index is 13.1. The number of halogens is 1. The first kappa shape index (κ1) is 19.8. The Hall–Kier alpha value is -2.92. The molecule has 5 nitrogen and oxygen atoms in total. The molecule has 1 heterocycles. The normalized spacial score (nSPS) is 11.7. The van der Waals surface area contributed by atoms with Crippen molar-refractivity contribution in [2.24, 2.45) is 0 Å². The van der Waals surface area contributed by atoms with Crippen molar-refractivity contribution in [2.75, 3.05) is 7.11 Å². The van der Waals surface area contributed by atoms with Gasteiger partial charge in [-0.25, -0.2) is 0 Å². The van der Waals surface area contributed by atoms with Crippen molar-refractivity contribution in [3.05, 3.63) is 83.3 Å². The number of ether oxygens (including phenoxy) is 2. The molecule has 0 spiro atoms. The van der Waals surface area contributed by atoms with Crippen LogP contribution >= 0.6 is 11.6 Å². The zero-order valence-corrected chi connectivity index (χ0v) is 16.6. The second-order valence-electron chi connectivity index (χ2n) is 6.31. The van der Waals surface area contributed by atoms with Crippen LogP contribution in [0.4, 0.5) is 0 Å². The lowest BCUT2D eigenvalue weighted by Crippen LogP contribution is -2.39. The predicted molar refractivity (Wildman–Crippen MR) is 107 cm³/mol. The first-order valence-corrected chi connectivity index (χ1v) is 9.30. The van der Waals surface area contributed by atoms with Gasteiger partial charge >= 0.3 is 0 Å². The molecule has 3 rings (SSSR count). The Balaban J connectivity index is 1.77. The fourth-order valence-electron chi connectivity index (χ4n) is 2.83. The van der Waals surface area contributed by atoms with Crippen LogP contribution < -0.4 is 9.47 Å². The van der Waals surface area contributed by atoms with Crippen molar-refractivity contribution < 1.29 is 18.7 Å².